The van der Waals surface area contributed by atoms with E-state index in [1.54, 1.807) is 31.2 Å². The molecule has 0 radical (unpaired) electrons. The quantitative estimate of drug-likeness (QED) is 0.0304. The van der Waals surface area contributed by atoms with Gasteiger partial charge < -0.3 is 20.6 Å². The van der Waals surface area contributed by atoms with Crippen molar-refractivity contribution in [1.82, 2.24) is 20.6 Å². The van der Waals surface area contributed by atoms with E-state index >= 15 is 0 Å². The maximum Gasteiger partial charge on any atom is 0.230 e. The summed E-state index contributed by atoms with van der Waals surface area (Å²) in [7, 11) is 0. The van der Waals surface area contributed by atoms with Crippen LogP contribution in [0.5, 0.6) is 0 Å². The molecule has 14 nitrogen and oxygen atoms in total. The van der Waals surface area contributed by atoms with Crippen LogP contribution >= 0.6 is 11.6 Å². The third-order valence-corrected chi connectivity index (χ3v) is 8.40. The first-order valence-corrected chi connectivity index (χ1v) is 17.6. The van der Waals surface area contributed by atoms with E-state index in [4.69, 9.17) is 21.1 Å². The van der Waals surface area contributed by atoms with E-state index < -0.39 is 17.5 Å². The zero-order valence-corrected chi connectivity index (χ0v) is 31.2. The molecule has 6 aromatic rings. The lowest BCUT2D eigenvalue weighted by atomic mass is 10.0. The zero-order valence-electron chi connectivity index (χ0n) is 30.5. The number of hydrogen-bond donors (Lipinski definition) is 3. The lowest BCUT2D eigenvalue weighted by Gasteiger charge is -2.06. The predicted octanol–water partition coefficient (Wildman–Crippen LogP) is 7.66. The van der Waals surface area contributed by atoms with Crippen LogP contribution in [0.15, 0.2) is 110 Å². The summed E-state index contributed by atoms with van der Waals surface area (Å²) in [5.41, 5.74) is 4.31. The molecular formula is C39H33ClF4N8O6. The molecule has 0 atom stereocenters. The lowest BCUT2D eigenvalue weighted by molar-refractivity contribution is -0.115. The standard InChI is InChI=1S/C21H20F2N4O3.C18H13ClF2N4O3/c1-14-11-16(6-9-18(14)23)12-20(25-28)21-19(26-30-27-21)3-2-10-29-24-13-15-4-7-17(22)8-5-15;19-13-7-11(3-6-14(13)21)8-15(23-27)17-18(25-28-24-17)22-16(26)9-10-1-4-12(20)5-2-10/h4-9,11,13,28H,2-3,10,12H2,1H3;1-7,27H,8-9H2,(H,22,25,26)/b24-13-,25-20+;23-15+. The van der Waals surface area contributed by atoms with Gasteiger partial charge in [0, 0.05) is 12.8 Å². The van der Waals surface area contributed by atoms with Crippen molar-refractivity contribution in [3.63, 3.8) is 0 Å². The van der Waals surface area contributed by atoms with Gasteiger partial charge >= 0.3 is 0 Å². The normalized spacial score (nSPS) is 11.7. The van der Waals surface area contributed by atoms with Gasteiger partial charge in [0.05, 0.1) is 17.7 Å². The van der Waals surface area contributed by atoms with Crippen LogP contribution in [0.1, 0.15) is 51.3 Å². The van der Waals surface area contributed by atoms with Crippen molar-refractivity contribution in [2.75, 3.05) is 11.9 Å². The van der Waals surface area contributed by atoms with Gasteiger partial charge in [-0.2, -0.15) is 0 Å². The van der Waals surface area contributed by atoms with Crippen LogP contribution in [0.4, 0.5) is 23.4 Å². The van der Waals surface area contributed by atoms with Gasteiger partial charge in [-0.15, -0.1) is 0 Å². The topological polar surface area (TPSA) is 194 Å². The fraction of sp³-hybridized carbons (Fsp3) is 0.179. The molecule has 0 aliphatic carbocycles. The number of carbonyl (C=O) groups is 1. The fourth-order valence-corrected chi connectivity index (χ4v) is 5.41. The third-order valence-electron chi connectivity index (χ3n) is 8.11. The Morgan fingerprint density at radius 1 is 0.759 bits per heavy atom. The van der Waals surface area contributed by atoms with E-state index in [0.717, 1.165) is 11.1 Å². The summed E-state index contributed by atoms with van der Waals surface area (Å²) in [6.07, 6.45) is 2.76. The van der Waals surface area contributed by atoms with E-state index in [0.29, 0.717) is 47.5 Å². The van der Waals surface area contributed by atoms with Crippen molar-refractivity contribution in [2.45, 2.75) is 39.0 Å². The predicted molar refractivity (Wildman–Crippen MR) is 202 cm³/mol. The molecule has 2 aromatic heterocycles. The second-order valence-corrected chi connectivity index (χ2v) is 12.8. The summed E-state index contributed by atoms with van der Waals surface area (Å²) in [6.45, 7) is 1.98. The van der Waals surface area contributed by atoms with Crippen LogP contribution < -0.4 is 5.32 Å². The number of oxime groups is 3. The molecule has 0 spiro atoms. The van der Waals surface area contributed by atoms with Gasteiger partial charge in [0.25, 0.3) is 0 Å². The molecule has 0 fully saturated rings. The minimum Gasteiger partial charge on any atom is -0.411 e. The van der Waals surface area contributed by atoms with Crippen molar-refractivity contribution in [3.05, 3.63) is 158 Å². The molecule has 0 saturated heterocycles. The van der Waals surface area contributed by atoms with E-state index in [9.17, 15) is 32.8 Å². The summed E-state index contributed by atoms with van der Waals surface area (Å²) < 4.78 is 61.9. The Morgan fingerprint density at radius 2 is 1.34 bits per heavy atom. The highest BCUT2D eigenvalue weighted by molar-refractivity contribution is 6.30. The van der Waals surface area contributed by atoms with Gasteiger partial charge in [-0.1, -0.05) is 74.7 Å². The summed E-state index contributed by atoms with van der Waals surface area (Å²) in [4.78, 5) is 17.4. The summed E-state index contributed by atoms with van der Waals surface area (Å²) >= 11 is 5.75. The van der Waals surface area contributed by atoms with Gasteiger partial charge in [-0.3, -0.25) is 4.79 Å². The lowest BCUT2D eigenvalue weighted by Crippen LogP contribution is -2.18. The van der Waals surface area contributed by atoms with Crippen molar-refractivity contribution in [2.24, 2.45) is 15.5 Å². The summed E-state index contributed by atoms with van der Waals surface area (Å²) in [5.74, 6) is -2.10. The molecule has 0 aliphatic rings. The van der Waals surface area contributed by atoms with Gasteiger partial charge in [0.1, 0.15) is 47.0 Å². The molecule has 6 rings (SSSR count). The molecule has 300 valence electrons. The second-order valence-electron chi connectivity index (χ2n) is 12.4. The number of rotatable bonds is 15. The van der Waals surface area contributed by atoms with E-state index in [1.165, 1.54) is 66.9 Å². The number of carbonyl (C=O) groups excluding carboxylic acids is 1. The third kappa shape index (κ3) is 12.3. The van der Waals surface area contributed by atoms with Gasteiger partial charge in [0.2, 0.25) is 11.7 Å². The van der Waals surface area contributed by atoms with Gasteiger partial charge in [0.15, 0.2) is 11.4 Å². The molecule has 3 N–H and O–H groups in total. The Bertz CT molecular complexity index is 2390. The highest BCUT2D eigenvalue weighted by atomic mass is 35.5. The number of nitrogens with zero attached hydrogens (tertiary/aromatic N) is 7. The monoisotopic (exact) mass is 820 g/mol. The van der Waals surface area contributed by atoms with Gasteiger partial charge in [-0.25, -0.2) is 26.8 Å². The van der Waals surface area contributed by atoms with Crippen LogP contribution in [-0.4, -0.2) is 61.2 Å². The first kappa shape index (κ1) is 42.2. The van der Waals surface area contributed by atoms with Crippen molar-refractivity contribution < 1.29 is 46.9 Å². The largest absolute Gasteiger partial charge is 0.411 e. The number of amides is 1. The Kier molecular flexibility index (Phi) is 15.1. The number of anilines is 1. The van der Waals surface area contributed by atoms with E-state index in [1.807, 2.05) is 0 Å². The van der Waals surface area contributed by atoms with Crippen LogP contribution in [0.3, 0.4) is 0 Å². The average molecular weight is 821 g/mol. The Balaban J connectivity index is 0.000000221. The average Bonchev–Trinajstić information content (AvgIpc) is 3.88. The summed E-state index contributed by atoms with van der Waals surface area (Å²) in [6, 6.07) is 20.0. The number of halogens is 5. The number of nitrogens with one attached hydrogen (secondary N) is 1. The Hall–Kier alpha value is -6.95. The van der Waals surface area contributed by atoms with Crippen LogP contribution in [-0.2, 0) is 35.3 Å². The molecule has 0 saturated carbocycles. The maximum absolute atomic E-state index is 13.4. The first-order chi connectivity index (χ1) is 28.0. The molecule has 58 heavy (non-hydrogen) atoms. The highest BCUT2D eigenvalue weighted by Crippen LogP contribution is 2.20. The Labute approximate surface area is 332 Å². The number of aryl methyl sites for hydroxylation is 2. The van der Waals surface area contributed by atoms with Crippen LogP contribution in [0.2, 0.25) is 5.02 Å². The highest BCUT2D eigenvalue weighted by Gasteiger charge is 2.21. The fourth-order valence-electron chi connectivity index (χ4n) is 5.20. The minimum absolute atomic E-state index is 0.00963. The molecule has 2 heterocycles. The molecular weight excluding hydrogens is 788 g/mol. The summed E-state index contributed by atoms with van der Waals surface area (Å²) in [5, 5.41) is 46.4. The number of aromatic nitrogens is 4. The molecule has 0 bridgehead atoms. The van der Waals surface area contributed by atoms with Crippen molar-refractivity contribution >= 4 is 41.0 Å². The van der Waals surface area contributed by atoms with Crippen LogP contribution in [0.25, 0.3) is 0 Å². The van der Waals surface area contributed by atoms with E-state index in [-0.39, 0.29) is 58.9 Å². The molecule has 19 heteroatoms. The maximum atomic E-state index is 13.4. The number of benzene rings is 4. The first-order valence-electron chi connectivity index (χ1n) is 17.2. The SMILES string of the molecule is Cc1cc(C/C(=N\O)c2nonc2CCCO/N=C\c2ccc(F)cc2)ccc1F.O=C(Cc1ccc(F)cc1)Nc1nonc1/C(Cc1ccc(F)c(Cl)c1)=N/O. The molecule has 1 amide bonds. The second kappa shape index (κ2) is 20.8. The van der Waals surface area contributed by atoms with Crippen molar-refractivity contribution in [3.8, 4) is 0 Å². The molecule has 4 aromatic carbocycles. The molecule has 0 unspecified atom stereocenters. The van der Waals surface area contributed by atoms with Crippen molar-refractivity contribution in [1.29, 1.82) is 0 Å². The zero-order chi connectivity index (χ0) is 41.4. The molecule has 0 aliphatic heterocycles. The van der Waals surface area contributed by atoms with E-state index in [2.05, 4.69) is 46.0 Å². The smallest absolute Gasteiger partial charge is 0.230 e. The van der Waals surface area contributed by atoms with Gasteiger partial charge in [-0.05, 0) is 106 Å². The minimum atomic E-state index is -0.579. The Morgan fingerprint density at radius 3 is 2.00 bits per heavy atom. The van der Waals surface area contributed by atoms with Crippen LogP contribution in [0, 0.1) is 30.2 Å². The number of hydrogen-bond acceptors (Lipinski definition) is 13.